The van der Waals surface area contributed by atoms with Crippen LogP contribution in [0.25, 0.3) is 5.57 Å². The summed E-state index contributed by atoms with van der Waals surface area (Å²) in [6.07, 6.45) is 7.61. The predicted octanol–water partition coefficient (Wildman–Crippen LogP) is 5.77. The first kappa shape index (κ1) is 17.0. The molecule has 2 atom stereocenters. The Bertz CT molecular complexity index is 593. The summed E-state index contributed by atoms with van der Waals surface area (Å²) in [6, 6.07) is 23.0. The molecule has 1 heterocycles. The van der Waals surface area contributed by atoms with Gasteiger partial charge in [0, 0.05) is 18.6 Å². The maximum atomic E-state index is 2.69. The molecule has 3 rings (SSSR count). The van der Waals surface area contributed by atoms with Crippen LogP contribution < -0.4 is 0 Å². The normalized spacial score (nSPS) is 21.4. The number of nitrogens with zero attached hydrogens (tertiary/aromatic N) is 1. The van der Waals surface area contributed by atoms with Gasteiger partial charge in [-0.3, -0.25) is 4.90 Å². The van der Waals surface area contributed by atoms with E-state index in [1.165, 1.54) is 36.0 Å². The molecule has 0 amide bonds. The molecule has 1 aliphatic heterocycles. The second-order valence-corrected chi connectivity index (χ2v) is 7.01. The SMILES string of the molecule is CC1CCCC(C)N1CCC=C(c1ccccc1)c1ccccc1. The minimum atomic E-state index is 0.721. The van der Waals surface area contributed by atoms with Gasteiger partial charge >= 0.3 is 0 Å². The zero-order valence-electron chi connectivity index (χ0n) is 15.0. The topological polar surface area (TPSA) is 3.24 Å². The minimum absolute atomic E-state index is 0.721. The van der Waals surface area contributed by atoms with Crippen LogP contribution in [0.1, 0.15) is 50.7 Å². The van der Waals surface area contributed by atoms with Crippen LogP contribution in [-0.4, -0.2) is 23.5 Å². The zero-order valence-corrected chi connectivity index (χ0v) is 15.0. The molecule has 1 aliphatic rings. The van der Waals surface area contributed by atoms with Crippen molar-refractivity contribution in [3.05, 3.63) is 77.9 Å². The maximum Gasteiger partial charge on any atom is 0.00698 e. The summed E-state index contributed by atoms with van der Waals surface area (Å²) in [6.45, 7) is 5.93. The fourth-order valence-corrected chi connectivity index (χ4v) is 3.91. The fourth-order valence-electron chi connectivity index (χ4n) is 3.91. The van der Waals surface area contributed by atoms with E-state index in [4.69, 9.17) is 0 Å². The van der Waals surface area contributed by atoms with Crippen LogP contribution in [0.2, 0.25) is 0 Å². The average Bonchev–Trinajstić information content (AvgIpc) is 2.62. The van der Waals surface area contributed by atoms with Crippen molar-refractivity contribution in [1.82, 2.24) is 4.90 Å². The molecule has 0 bridgehead atoms. The standard InChI is InChI=1S/C23H29N/c1-19-11-9-12-20(2)24(19)18-10-17-23(21-13-5-3-6-14-21)22-15-7-4-8-16-22/h3-8,13-17,19-20H,9-12,18H2,1-2H3. The van der Waals surface area contributed by atoms with Gasteiger partial charge < -0.3 is 0 Å². The highest BCUT2D eigenvalue weighted by Crippen LogP contribution is 2.26. The Morgan fingerprint density at radius 1 is 0.875 bits per heavy atom. The third-order valence-corrected chi connectivity index (χ3v) is 5.28. The molecule has 1 heteroatoms. The van der Waals surface area contributed by atoms with Crippen LogP contribution in [0.4, 0.5) is 0 Å². The van der Waals surface area contributed by atoms with Gasteiger partial charge in [0.05, 0.1) is 0 Å². The lowest BCUT2D eigenvalue weighted by molar-refractivity contribution is 0.106. The molecule has 2 aromatic rings. The highest BCUT2D eigenvalue weighted by atomic mass is 15.2. The number of hydrogen-bond donors (Lipinski definition) is 0. The van der Waals surface area contributed by atoms with E-state index in [0.29, 0.717) is 0 Å². The number of likely N-dealkylation sites (tertiary alicyclic amines) is 1. The van der Waals surface area contributed by atoms with Crippen LogP contribution in [-0.2, 0) is 0 Å². The first-order valence-electron chi connectivity index (χ1n) is 9.32. The van der Waals surface area contributed by atoms with Crippen molar-refractivity contribution in [2.45, 2.75) is 51.6 Å². The molecule has 0 saturated carbocycles. The van der Waals surface area contributed by atoms with Gasteiger partial charge in [0.1, 0.15) is 0 Å². The summed E-state index contributed by atoms with van der Waals surface area (Å²) in [4.78, 5) is 2.69. The van der Waals surface area contributed by atoms with Crippen LogP contribution in [0.5, 0.6) is 0 Å². The number of hydrogen-bond acceptors (Lipinski definition) is 1. The zero-order chi connectivity index (χ0) is 16.8. The maximum absolute atomic E-state index is 2.69. The molecule has 0 spiro atoms. The van der Waals surface area contributed by atoms with Gasteiger partial charge in [-0.1, -0.05) is 73.2 Å². The summed E-state index contributed by atoms with van der Waals surface area (Å²) in [7, 11) is 0. The molecule has 2 unspecified atom stereocenters. The van der Waals surface area contributed by atoms with Crippen LogP contribution in [0.15, 0.2) is 66.7 Å². The highest BCUT2D eigenvalue weighted by Gasteiger charge is 2.23. The number of piperidine rings is 1. The lowest BCUT2D eigenvalue weighted by Gasteiger charge is -2.38. The van der Waals surface area contributed by atoms with Crippen molar-refractivity contribution < 1.29 is 0 Å². The summed E-state index contributed by atoms with van der Waals surface area (Å²) < 4.78 is 0. The average molecular weight is 319 g/mol. The molecule has 1 nitrogen and oxygen atoms in total. The van der Waals surface area contributed by atoms with E-state index in [2.05, 4.69) is 85.5 Å². The van der Waals surface area contributed by atoms with Gasteiger partial charge in [-0.2, -0.15) is 0 Å². The second kappa shape index (κ2) is 8.30. The van der Waals surface area contributed by atoms with Gasteiger partial charge in [0.2, 0.25) is 0 Å². The van der Waals surface area contributed by atoms with Gasteiger partial charge in [-0.25, -0.2) is 0 Å². The molecule has 0 aromatic heterocycles. The molecule has 0 radical (unpaired) electrons. The van der Waals surface area contributed by atoms with E-state index < -0.39 is 0 Å². The Kier molecular flexibility index (Phi) is 5.87. The molecular formula is C23H29N. The molecule has 1 saturated heterocycles. The van der Waals surface area contributed by atoms with Gasteiger partial charge in [-0.05, 0) is 49.8 Å². The Morgan fingerprint density at radius 3 is 1.88 bits per heavy atom. The first-order valence-corrected chi connectivity index (χ1v) is 9.32. The van der Waals surface area contributed by atoms with Gasteiger partial charge in [-0.15, -0.1) is 0 Å². The van der Waals surface area contributed by atoms with E-state index in [-0.39, 0.29) is 0 Å². The largest absolute Gasteiger partial charge is 0.298 e. The number of benzene rings is 2. The van der Waals surface area contributed by atoms with E-state index in [0.717, 1.165) is 25.0 Å². The third-order valence-electron chi connectivity index (χ3n) is 5.28. The summed E-state index contributed by atoms with van der Waals surface area (Å²) in [5.74, 6) is 0. The highest BCUT2D eigenvalue weighted by molar-refractivity contribution is 5.79. The Balaban J connectivity index is 1.77. The monoisotopic (exact) mass is 319 g/mol. The minimum Gasteiger partial charge on any atom is -0.298 e. The Morgan fingerprint density at radius 2 is 1.38 bits per heavy atom. The fraction of sp³-hybridized carbons (Fsp3) is 0.391. The summed E-state index contributed by atoms with van der Waals surface area (Å²) in [5, 5.41) is 0. The third kappa shape index (κ3) is 4.15. The molecule has 0 N–H and O–H groups in total. The quantitative estimate of drug-likeness (QED) is 0.676. The molecule has 0 aliphatic carbocycles. The van der Waals surface area contributed by atoms with Crippen LogP contribution in [0.3, 0.4) is 0 Å². The second-order valence-electron chi connectivity index (χ2n) is 7.01. The summed E-state index contributed by atoms with van der Waals surface area (Å²) >= 11 is 0. The molecule has 126 valence electrons. The van der Waals surface area contributed by atoms with Crippen LogP contribution in [0, 0.1) is 0 Å². The lowest BCUT2D eigenvalue weighted by Crippen LogP contribution is -2.43. The lowest BCUT2D eigenvalue weighted by atomic mass is 9.95. The smallest absolute Gasteiger partial charge is 0.00698 e. The van der Waals surface area contributed by atoms with Gasteiger partial charge in [0.15, 0.2) is 0 Å². The number of rotatable bonds is 5. The Labute approximate surface area is 147 Å². The van der Waals surface area contributed by atoms with Crippen molar-refractivity contribution in [2.75, 3.05) is 6.54 Å². The molecular weight excluding hydrogens is 290 g/mol. The van der Waals surface area contributed by atoms with Crippen molar-refractivity contribution in [3.63, 3.8) is 0 Å². The first-order chi connectivity index (χ1) is 11.8. The van der Waals surface area contributed by atoms with Crippen molar-refractivity contribution in [1.29, 1.82) is 0 Å². The van der Waals surface area contributed by atoms with E-state index in [9.17, 15) is 0 Å². The molecule has 24 heavy (non-hydrogen) atoms. The predicted molar refractivity (Wildman–Crippen MR) is 104 cm³/mol. The van der Waals surface area contributed by atoms with Crippen molar-refractivity contribution in [3.8, 4) is 0 Å². The van der Waals surface area contributed by atoms with Crippen molar-refractivity contribution in [2.24, 2.45) is 0 Å². The van der Waals surface area contributed by atoms with E-state index in [1.807, 2.05) is 0 Å². The van der Waals surface area contributed by atoms with Crippen LogP contribution >= 0.6 is 0 Å². The Hall–Kier alpha value is -1.86. The summed E-state index contributed by atoms with van der Waals surface area (Å²) in [5.41, 5.74) is 3.97. The molecule has 2 aromatic carbocycles. The van der Waals surface area contributed by atoms with E-state index in [1.54, 1.807) is 0 Å². The van der Waals surface area contributed by atoms with E-state index >= 15 is 0 Å². The molecule has 1 fully saturated rings. The van der Waals surface area contributed by atoms with Gasteiger partial charge in [0.25, 0.3) is 0 Å². The van der Waals surface area contributed by atoms with Crippen molar-refractivity contribution >= 4 is 5.57 Å².